The fourth-order valence-electron chi connectivity index (χ4n) is 4.30. The largest absolute Gasteiger partial charge is 0.427 e. The van der Waals surface area contributed by atoms with E-state index in [2.05, 4.69) is 24.4 Å². The summed E-state index contributed by atoms with van der Waals surface area (Å²) in [4.78, 5) is 23.5. The van der Waals surface area contributed by atoms with Crippen LogP contribution in [-0.4, -0.2) is 24.5 Å². The molecular formula is C19H25NO4. The Kier molecular flexibility index (Phi) is 5.19. The number of nitrogens with one attached hydrogen (secondary N) is 1. The number of fused-ring (bicyclic) bond motifs is 1. The summed E-state index contributed by atoms with van der Waals surface area (Å²) in [5.74, 6) is 2.13. The highest BCUT2D eigenvalue weighted by Crippen LogP contribution is 2.47. The Labute approximate surface area is 141 Å². The summed E-state index contributed by atoms with van der Waals surface area (Å²) >= 11 is 0. The first-order chi connectivity index (χ1) is 11.7. The van der Waals surface area contributed by atoms with E-state index in [1.807, 2.05) is 0 Å². The van der Waals surface area contributed by atoms with E-state index in [0.717, 1.165) is 6.42 Å². The summed E-state index contributed by atoms with van der Waals surface area (Å²) in [6.45, 7) is 2.37. The SMILES string of the molecule is C[C@@H]1C=C[C@@H]2CCCC[C@@H]2[C@H]1c1cc(NCCO)c(C=O)c(=O)o1. The second-order valence-electron chi connectivity index (χ2n) is 6.91. The van der Waals surface area contributed by atoms with Gasteiger partial charge in [0.15, 0.2) is 6.29 Å². The van der Waals surface area contributed by atoms with Gasteiger partial charge < -0.3 is 14.8 Å². The lowest BCUT2D eigenvalue weighted by atomic mass is 9.64. The molecule has 0 saturated heterocycles. The summed E-state index contributed by atoms with van der Waals surface area (Å²) in [5.41, 5.74) is -0.150. The fourth-order valence-corrected chi connectivity index (χ4v) is 4.30. The van der Waals surface area contributed by atoms with Gasteiger partial charge in [0.2, 0.25) is 0 Å². The molecule has 1 aromatic rings. The third kappa shape index (κ3) is 3.18. The van der Waals surface area contributed by atoms with Crippen molar-refractivity contribution in [2.75, 3.05) is 18.5 Å². The first-order valence-corrected chi connectivity index (χ1v) is 8.82. The molecule has 5 nitrogen and oxygen atoms in total. The predicted octanol–water partition coefficient (Wildman–Crippen LogP) is 2.95. The number of rotatable bonds is 5. The molecule has 0 aliphatic heterocycles. The quantitative estimate of drug-likeness (QED) is 0.640. The van der Waals surface area contributed by atoms with E-state index in [1.54, 1.807) is 6.07 Å². The normalized spacial score (nSPS) is 29.1. The Morgan fingerprint density at radius 3 is 2.88 bits per heavy atom. The van der Waals surface area contributed by atoms with Crippen LogP contribution in [0.5, 0.6) is 0 Å². The number of hydrogen-bond acceptors (Lipinski definition) is 5. The van der Waals surface area contributed by atoms with Crippen molar-refractivity contribution in [1.29, 1.82) is 0 Å². The van der Waals surface area contributed by atoms with Crippen molar-refractivity contribution in [2.24, 2.45) is 17.8 Å². The van der Waals surface area contributed by atoms with Crippen molar-refractivity contribution in [1.82, 2.24) is 0 Å². The lowest BCUT2D eigenvalue weighted by Gasteiger charge is -2.40. The lowest BCUT2D eigenvalue weighted by Crippen LogP contribution is -2.32. The zero-order chi connectivity index (χ0) is 17.1. The van der Waals surface area contributed by atoms with E-state index in [4.69, 9.17) is 9.52 Å². The monoisotopic (exact) mass is 331 g/mol. The number of aliphatic hydroxyl groups is 1. The molecule has 1 fully saturated rings. The zero-order valence-corrected chi connectivity index (χ0v) is 14.0. The van der Waals surface area contributed by atoms with Gasteiger partial charge in [0.05, 0.1) is 12.3 Å². The fraction of sp³-hybridized carbons (Fsp3) is 0.579. The van der Waals surface area contributed by atoms with Crippen molar-refractivity contribution in [3.8, 4) is 0 Å². The number of carbonyl (C=O) groups excluding carboxylic acids is 1. The molecule has 24 heavy (non-hydrogen) atoms. The van der Waals surface area contributed by atoms with Crippen LogP contribution >= 0.6 is 0 Å². The van der Waals surface area contributed by atoms with Gasteiger partial charge in [-0.05, 0) is 30.6 Å². The molecule has 5 heteroatoms. The molecule has 3 rings (SSSR count). The Hall–Kier alpha value is -1.88. The van der Waals surface area contributed by atoms with Crippen LogP contribution in [0.1, 0.15) is 54.6 Å². The van der Waals surface area contributed by atoms with Crippen LogP contribution in [0.25, 0.3) is 0 Å². The molecule has 0 unspecified atom stereocenters. The first-order valence-electron chi connectivity index (χ1n) is 8.82. The summed E-state index contributed by atoms with van der Waals surface area (Å²) < 4.78 is 5.56. The maximum absolute atomic E-state index is 12.2. The molecule has 2 aliphatic carbocycles. The van der Waals surface area contributed by atoms with E-state index in [0.29, 0.717) is 35.5 Å². The molecule has 1 heterocycles. The van der Waals surface area contributed by atoms with Gasteiger partial charge in [0.25, 0.3) is 0 Å². The Balaban J connectivity index is 2.01. The first kappa shape index (κ1) is 17.0. The third-order valence-electron chi connectivity index (χ3n) is 5.45. The molecule has 130 valence electrons. The van der Waals surface area contributed by atoms with Gasteiger partial charge >= 0.3 is 5.63 Å². The predicted molar refractivity (Wildman–Crippen MR) is 92.4 cm³/mol. The van der Waals surface area contributed by atoms with Crippen molar-refractivity contribution >= 4 is 12.0 Å². The van der Waals surface area contributed by atoms with Gasteiger partial charge in [-0.25, -0.2) is 4.79 Å². The van der Waals surface area contributed by atoms with Crippen molar-refractivity contribution in [2.45, 2.75) is 38.5 Å². The minimum absolute atomic E-state index is 0.00796. The molecule has 0 spiro atoms. The molecule has 2 aliphatic rings. The average Bonchev–Trinajstić information content (AvgIpc) is 2.59. The van der Waals surface area contributed by atoms with Gasteiger partial charge in [-0.1, -0.05) is 31.9 Å². The molecule has 4 atom stereocenters. The van der Waals surface area contributed by atoms with Crippen LogP contribution in [-0.2, 0) is 0 Å². The summed E-state index contributed by atoms with van der Waals surface area (Å²) in [5, 5.41) is 12.0. The number of carbonyl (C=O) groups is 1. The molecule has 0 radical (unpaired) electrons. The average molecular weight is 331 g/mol. The third-order valence-corrected chi connectivity index (χ3v) is 5.45. The maximum Gasteiger partial charge on any atom is 0.348 e. The molecule has 0 aromatic carbocycles. The standard InChI is InChI=1S/C19H25NO4/c1-12-6-7-13-4-2-3-5-14(13)18(12)17-10-16(20-8-9-21)15(11-22)19(23)24-17/h6-7,10-14,18,20-21H,2-5,8-9H2,1H3/t12-,13+,14+,18+/m1/s1. The van der Waals surface area contributed by atoms with Crippen molar-refractivity contribution < 1.29 is 14.3 Å². The van der Waals surface area contributed by atoms with Crippen molar-refractivity contribution in [3.05, 3.63) is 40.0 Å². The maximum atomic E-state index is 12.2. The molecule has 2 N–H and O–H groups in total. The number of aliphatic hydroxyl groups excluding tert-OH is 1. The van der Waals surface area contributed by atoms with Crippen LogP contribution in [0.4, 0.5) is 5.69 Å². The topological polar surface area (TPSA) is 79.5 Å². The van der Waals surface area contributed by atoms with E-state index in [9.17, 15) is 9.59 Å². The van der Waals surface area contributed by atoms with E-state index >= 15 is 0 Å². The summed E-state index contributed by atoms with van der Waals surface area (Å²) in [6.07, 6.45) is 9.87. The molecular weight excluding hydrogens is 306 g/mol. The molecule has 1 saturated carbocycles. The number of allylic oxidation sites excluding steroid dienone is 2. The summed E-state index contributed by atoms with van der Waals surface area (Å²) in [6, 6.07) is 1.78. The van der Waals surface area contributed by atoms with Crippen LogP contribution in [0, 0.1) is 17.8 Å². The van der Waals surface area contributed by atoms with E-state index in [-0.39, 0.29) is 24.6 Å². The highest BCUT2D eigenvalue weighted by atomic mass is 16.4. The highest BCUT2D eigenvalue weighted by molar-refractivity contribution is 5.83. The lowest BCUT2D eigenvalue weighted by molar-refractivity contribution is 0.111. The van der Waals surface area contributed by atoms with Crippen molar-refractivity contribution in [3.63, 3.8) is 0 Å². The van der Waals surface area contributed by atoms with E-state index < -0.39 is 5.63 Å². The Morgan fingerprint density at radius 2 is 2.12 bits per heavy atom. The van der Waals surface area contributed by atoms with Crippen LogP contribution in [0.2, 0.25) is 0 Å². The van der Waals surface area contributed by atoms with Gasteiger partial charge in [-0.15, -0.1) is 0 Å². The number of hydrogen-bond donors (Lipinski definition) is 2. The second-order valence-corrected chi connectivity index (χ2v) is 6.91. The molecule has 0 amide bonds. The number of aldehydes is 1. The Bertz CT molecular complexity index is 678. The van der Waals surface area contributed by atoms with Crippen LogP contribution in [0.3, 0.4) is 0 Å². The minimum atomic E-state index is -0.600. The molecule has 0 bridgehead atoms. The van der Waals surface area contributed by atoms with Crippen LogP contribution < -0.4 is 10.9 Å². The Morgan fingerprint density at radius 1 is 1.33 bits per heavy atom. The molecule has 1 aromatic heterocycles. The summed E-state index contributed by atoms with van der Waals surface area (Å²) in [7, 11) is 0. The number of anilines is 1. The van der Waals surface area contributed by atoms with Gasteiger partial charge in [0, 0.05) is 18.5 Å². The second kappa shape index (κ2) is 7.34. The zero-order valence-electron chi connectivity index (χ0n) is 14.0. The van der Waals surface area contributed by atoms with E-state index in [1.165, 1.54) is 19.3 Å². The smallest absolute Gasteiger partial charge is 0.348 e. The van der Waals surface area contributed by atoms with Gasteiger partial charge in [0.1, 0.15) is 11.3 Å². The van der Waals surface area contributed by atoms with Gasteiger partial charge in [-0.3, -0.25) is 4.79 Å². The highest BCUT2D eigenvalue weighted by Gasteiger charge is 2.38. The minimum Gasteiger partial charge on any atom is -0.427 e. The van der Waals surface area contributed by atoms with Gasteiger partial charge in [-0.2, -0.15) is 0 Å². The van der Waals surface area contributed by atoms with Crippen LogP contribution in [0.15, 0.2) is 27.4 Å².